The first-order valence-corrected chi connectivity index (χ1v) is 6.37. The van der Waals surface area contributed by atoms with Crippen molar-refractivity contribution in [2.24, 2.45) is 11.7 Å². The van der Waals surface area contributed by atoms with E-state index in [4.69, 9.17) is 5.73 Å². The van der Waals surface area contributed by atoms with Crippen molar-refractivity contribution >= 4 is 15.9 Å². The molecule has 1 saturated carbocycles. The smallest absolute Gasteiger partial charge is 0.0696 e. The Bertz CT molecular complexity index is 342. The summed E-state index contributed by atoms with van der Waals surface area (Å²) in [4.78, 5) is 0. The number of hydrogen-bond donors (Lipinski definition) is 1. The molecule has 0 radical (unpaired) electrons. The number of nitrogens with two attached hydrogens (primary N) is 1. The van der Waals surface area contributed by atoms with Crippen molar-refractivity contribution in [1.29, 1.82) is 0 Å². The van der Waals surface area contributed by atoms with Gasteiger partial charge in [-0.2, -0.15) is 5.10 Å². The van der Waals surface area contributed by atoms with Crippen molar-refractivity contribution in [2.75, 3.05) is 0 Å². The monoisotopic (exact) mass is 271 g/mol. The van der Waals surface area contributed by atoms with Crippen LogP contribution in [0, 0.1) is 5.92 Å². The van der Waals surface area contributed by atoms with E-state index in [-0.39, 0.29) is 6.04 Å². The molecule has 84 valence electrons. The summed E-state index contributed by atoms with van der Waals surface area (Å²) in [5.41, 5.74) is 7.38. The van der Waals surface area contributed by atoms with Crippen molar-refractivity contribution in [1.82, 2.24) is 9.78 Å². The molecule has 3 nitrogen and oxygen atoms in total. The lowest BCUT2D eigenvalue weighted by Crippen LogP contribution is -2.18. The van der Waals surface area contributed by atoms with Gasteiger partial charge in [0.2, 0.25) is 0 Å². The summed E-state index contributed by atoms with van der Waals surface area (Å²) < 4.78 is 3.07. The zero-order valence-corrected chi connectivity index (χ0v) is 10.9. The topological polar surface area (TPSA) is 43.8 Å². The van der Waals surface area contributed by atoms with Crippen molar-refractivity contribution in [3.05, 3.63) is 16.4 Å². The first-order valence-electron chi connectivity index (χ1n) is 5.58. The molecule has 0 amide bonds. The summed E-state index contributed by atoms with van der Waals surface area (Å²) in [6, 6.07) is 0.494. The van der Waals surface area contributed by atoms with E-state index in [9.17, 15) is 0 Å². The highest BCUT2D eigenvalue weighted by Crippen LogP contribution is 2.38. The molecular weight excluding hydrogens is 254 g/mol. The number of hydrogen-bond acceptors (Lipinski definition) is 2. The van der Waals surface area contributed by atoms with Crippen LogP contribution < -0.4 is 5.73 Å². The normalized spacial score (nSPS) is 18.5. The molecule has 0 aromatic carbocycles. The molecule has 2 rings (SSSR count). The summed E-state index contributed by atoms with van der Waals surface area (Å²) in [6.45, 7) is 4.26. The Morgan fingerprint density at radius 2 is 2.27 bits per heavy atom. The van der Waals surface area contributed by atoms with Crippen LogP contribution in [0.3, 0.4) is 0 Å². The summed E-state index contributed by atoms with van der Waals surface area (Å²) in [6.07, 6.45) is 5.64. The Morgan fingerprint density at radius 1 is 1.60 bits per heavy atom. The SMILES string of the molecule is CC(C)n1ncc(Br)c1C(N)CC1CC1. The molecule has 0 aliphatic heterocycles. The molecule has 1 aromatic heterocycles. The summed E-state index contributed by atoms with van der Waals surface area (Å²) in [5.74, 6) is 0.849. The van der Waals surface area contributed by atoms with Gasteiger partial charge in [0.25, 0.3) is 0 Å². The van der Waals surface area contributed by atoms with Crippen LogP contribution >= 0.6 is 15.9 Å². The van der Waals surface area contributed by atoms with Crippen LogP contribution in [-0.4, -0.2) is 9.78 Å². The molecule has 1 aromatic rings. The third-order valence-corrected chi connectivity index (χ3v) is 3.52. The summed E-state index contributed by atoms with van der Waals surface area (Å²) >= 11 is 3.53. The highest BCUT2D eigenvalue weighted by molar-refractivity contribution is 9.10. The summed E-state index contributed by atoms with van der Waals surface area (Å²) in [5, 5.41) is 4.35. The number of rotatable bonds is 4. The zero-order valence-electron chi connectivity index (χ0n) is 9.28. The van der Waals surface area contributed by atoms with Crippen LogP contribution in [0.4, 0.5) is 0 Å². The second-order valence-electron chi connectivity index (χ2n) is 4.70. The number of nitrogens with zero attached hydrogens (tertiary/aromatic N) is 2. The van der Waals surface area contributed by atoms with Crippen LogP contribution in [0.25, 0.3) is 0 Å². The fourth-order valence-electron chi connectivity index (χ4n) is 1.93. The molecule has 15 heavy (non-hydrogen) atoms. The molecule has 2 N–H and O–H groups in total. The minimum Gasteiger partial charge on any atom is -0.323 e. The number of aromatic nitrogens is 2. The second kappa shape index (κ2) is 4.26. The van der Waals surface area contributed by atoms with E-state index in [2.05, 4.69) is 34.9 Å². The van der Waals surface area contributed by atoms with E-state index < -0.39 is 0 Å². The predicted molar refractivity (Wildman–Crippen MR) is 64.6 cm³/mol. The fraction of sp³-hybridized carbons (Fsp3) is 0.727. The van der Waals surface area contributed by atoms with E-state index in [1.807, 2.05) is 10.9 Å². The molecule has 1 fully saturated rings. The molecule has 1 aliphatic rings. The lowest BCUT2D eigenvalue weighted by atomic mass is 10.1. The van der Waals surface area contributed by atoms with E-state index in [1.54, 1.807) is 0 Å². The van der Waals surface area contributed by atoms with Crippen LogP contribution in [0.15, 0.2) is 10.7 Å². The van der Waals surface area contributed by atoms with E-state index in [0.717, 1.165) is 22.5 Å². The van der Waals surface area contributed by atoms with Gasteiger partial charge in [0.1, 0.15) is 0 Å². The fourth-order valence-corrected chi connectivity index (χ4v) is 2.50. The third kappa shape index (κ3) is 2.42. The van der Waals surface area contributed by atoms with Gasteiger partial charge in [-0.3, -0.25) is 4.68 Å². The average molecular weight is 272 g/mol. The Morgan fingerprint density at radius 3 is 2.80 bits per heavy atom. The van der Waals surface area contributed by atoms with Crippen molar-refractivity contribution in [3.63, 3.8) is 0 Å². The molecule has 1 unspecified atom stereocenters. The van der Waals surface area contributed by atoms with Crippen molar-refractivity contribution < 1.29 is 0 Å². The van der Waals surface area contributed by atoms with Gasteiger partial charge < -0.3 is 5.73 Å². The van der Waals surface area contributed by atoms with Crippen LogP contribution in [0.1, 0.15) is 50.9 Å². The third-order valence-electron chi connectivity index (χ3n) is 2.91. The van der Waals surface area contributed by atoms with Crippen LogP contribution in [-0.2, 0) is 0 Å². The molecule has 1 atom stereocenters. The average Bonchev–Trinajstić information content (AvgIpc) is 2.86. The zero-order chi connectivity index (χ0) is 11.0. The van der Waals surface area contributed by atoms with E-state index >= 15 is 0 Å². The quantitative estimate of drug-likeness (QED) is 0.915. The molecule has 1 aliphatic carbocycles. The molecule has 0 saturated heterocycles. The second-order valence-corrected chi connectivity index (χ2v) is 5.56. The maximum absolute atomic E-state index is 6.23. The van der Waals surface area contributed by atoms with Gasteiger partial charge in [-0.25, -0.2) is 0 Å². The van der Waals surface area contributed by atoms with Crippen LogP contribution in [0.2, 0.25) is 0 Å². The van der Waals surface area contributed by atoms with Gasteiger partial charge in [0, 0.05) is 12.1 Å². The highest BCUT2D eigenvalue weighted by Gasteiger charge is 2.27. The Labute approximate surface area is 99.2 Å². The molecular formula is C11H18BrN3. The molecule has 0 spiro atoms. The first kappa shape index (κ1) is 11.1. The van der Waals surface area contributed by atoms with Gasteiger partial charge in [0.05, 0.1) is 16.4 Å². The Kier molecular flexibility index (Phi) is 3.16. The maximum atomic E-state index is 6.23. The van der Waals surface area contributed by atoms with Crippen LogP contribution in [0.5, 0.6) is 0 Å². The first-order chi connectivity index (χ1) is 7.09. The Balaban J connectivity index is 2.19. The Hall–Kier alpha value is -0.350. The van der Waals surface area contributed by atoms with Gasteiger partial charge in [-0.05, 0) is 42.1 Å². The van der Waals surface area contributed by atoms with Crippen molar-refractivity contribution in [2.45, 2.75) is 45.2 Å². The van der Waals surface area contributed by atoms with E-state index in [1.165, 1.54) is 12.8 Å². The highest BCUT2D eigenvalue weighted by atomic mass is 79.9. The minimum atomic E-state index is 0.122. The van der Waals surface area contributed by atoms with Gasteiger partial charge in [-0.1, -0.05) is 12.8 Å². The van der Waals surface area contributed by atoms with Gasteiger partial charge in [0.15, 0.2) is 0 Å². The van der Waals surface area contributed by atoms with Gasteiger partial charge in [-0.15, -0.1) is 0 Å². The lowest BCUT2D eigenvalue weighted by molar-refractivity contribution is 0.466. The molecule has 0 bridgehead atoms. The standard InChI is InChI=1S/C11H18BrN3/c1-7(2)15-11(9(12)6-14-15)10(13)5-8-3-4-8/h6-8,10H,3-5,13H2,1-2H3. The predicted octanol–water partition coefficient (Wildman–Crippen LogP) is 3.03. The maximum Gasteiger partial charge on any atom is 0.0696 e. The molecule has 4 heteroatoms. The molecule has 1 heterocycles. The van der Waals surface area contributed by atoms with E-state index in [0.29, 0.717) is 6.04 Å². The summed E-state index contributed by atoms with van der Waals surface area (Å²) in [7, 11) is 0. The minimum absolute atomic E-state index is 0.122. The number of halogens is 1. The largest absolute Gasteiger partial charge is 0.323 e. The van der Waals surface area contributed by atoms with Crippen molar-refractivity contribution in [3.8, 4) is 0 Å². The van der Waals surface area contributed by atoms with Gasteiger partial charge >= 0.3 is 0 Å². The lowest BCUT2D eigenvalue weighted by Gasteiger charge is -2.17.